The average Bonchev–Trinajstić information content (AvgIpc) is 2.37. The molecule has 19 heavy (non-hydrogen) atoms. The molecule has 0 heterocycles. The van der Waals surface area contributed by atoms with Gasteiger partial charge in [-0.3, -0.25) is 0 Å². The van der Waals surface area contributed by atoms with E-state index >= 15 is 0 Å². The molecule has 0 aromatic heterocycles. The molecule has 2 aromatic carbocycles. The van der Waals surface area contributed by atoms with Crippen molar-refractivity contribution in [1.82, 2.24) is 0 Å². The summed E-state index contributed by atoms with van der Waals surface area (Å²) in [5.41, 5.74) is 1.00. The smallest absolute Gasteiger partial charge is 0.198 e. The fraction of sp³-hybridized carbons (Fsp3) is 0.143. The summed E-state index contributed by atoms with van der Waals surface area (Å²) >= 11 is 5.50. The third-order valence-electron chi connectivity index (χ3n) is 2.51. The maximum Gasteiger partial charge on any atom is 0.198 e. The second kappa shape index (κ2) is 5.53. The van der Waals surface area contributed by atoms with E-state index in [-0.39, 0.29) is 17.2 Å². The molecule has 2 rings (SSSR count). The summed E-state index contributed by atoms with van der Waals surface area (Å²) in [5, 5.41) is 0. The Morgan fingerprint density at radius 1 is 1.00 bits per heavy atom. The zero-order valence-electron chi connectivity index (χ0n) is 10.0. The topological polar surface area (TPSA) is 9.23 Å². The SMILES string of the molecule is Cc1ccc(F)c(Oc2c(F)cc(CCl)cc2F)c1. The molecular formula is C14H10ClF3O. The maximum atomic E-state index is 13.7. The number of alkyl halides is 1. The Kier molecular flexibility index (Phi) is 4.00. The van der Waals surface area contributed by atoms with Crippen molar-refractivity contribution in [1.29, 1.82) is 0 Å². The first-order valence-corrected chi connectivity index (χ1v) is 6.02. The molecule has 5 heteroatoms. The lowest BCUT2D eigenvalue weighted by molar-refractivity contribution is 0.386. The molecule has 0 aliphatic carbocycles. The number of hydrogen-bond donors (Lipinski definition) is 0. The lowest BCUT2D eigenvalue weighted by atomic mass is 10.2. The molecular weight excluding hydrogens is 277 g/mol. The van der Waals surface area contributed by atoms with Gasteiger partial charge in [0.25, 0.3) is 0 Å². The summed E-state index contributed by atoms with van der Waals surface area (Å²) in [6, 6.07) is 6.18. The van der Waals surface area contributed by atoms with Crippen LogP contribution in [0.4, 0.5) is 13.2 Å². The predicted molar refractivity (Wildman–Crippen MR) is 67.1 cm³/mol. The monoisotopic (exact) mass is 286 g/mol. The van der Waals surface area contributed by atoms with Crippen molar-refractivity contribution in [2.45, 2.75) is 12.8 Å². The molecule has 100 valence electrons. The Balaban J connectivity index is 2.41. The highest BCUT2D eigenvalue weighted by Gasteiger charge is 2.15. The van der Waals surface area contributed by atoms with Crippen molar-refractivity contribution in [2.24, 2.45) is 0 Å². The minimum atomic E-state index is -0.920. The summed E-state index contributed by atoms with van der Waals surface area (Å²) in [6.45, 7) is 1.72. The molecule has 0 aliphatic rings. The van der Waals surface area contributed by atoms with Gasteiger partial charge in [0, 0.05) is 5.88 Å². The van der Waals surface area contributed by atoms with Gasteiger partial charge < -0.3 is 4.74 Å². The first kappa shape index (κ1) is 13.7. The standard InChI is InChI=1S/C14H10ClF3O/c1-8-2-3-10(16)13(4-8)19-14-11(17)5-9(7-15)6-12(14)18/h2-6H,7H2,1H3. The zero-order chi connectivity index (χ0) is 14.0. The number of hydrogen-bond acceptors (Lipinski definition) is 1. The van der Waals surface area contributed by atoms with Crippen LogP contribution in [-0.2, 0) is 5.88 Å². The summed E-state index contributed by atoms with van der Waals surface area (Å²) < 4.78 is 45.8. The molecule has 0 aliphatic heterocycles. The maximum absolute atomic E-state index is 13.7. The second-order valence-electron chi connectivity index (χ2n) is 4.06. The van der Waals surface area contributed by atoms with Gasteiger partial charge in [0.2, 0.25) is 0 Å². The zero-order valence-corrected chi connectivity index (χ0v) is 10.8. The normalized spacial score (nSPS) is 10.6. The summed E-state index contributed by atoms with van der Waals surface area (Å²) in [5.74, 6) is -3.42. The highest BCUT2D eigenvalue weighted by molar-refractivity contribution is 6.17. The number of halogens is 4. The van der Waals surface area contributed by atoms with Crippen LogP contribution in [0.25, 0.3) is 0 Å². The fourth-order valence-electron chi connectivity index (χ4n) is 1.59. The lowest BCUT2D eigenvalue weighted by Gasteiger charge is -2.10. The van der Waals surface area contributed by atoms with Crippen LogP contribution in [0.1, 0.15) is 11.1 Å². The first-order chi connectivity index (χ1) is 9.01. The van der Waals surface area contributed by atoms with E-state index in [1.807, 2.05) is 0 Å². The van der Waals surface area contributed by atoms with Gasteiger partial charge in [0.1, 0.15) is 0 Å². The third kappa shape index (κ3) is 3.01. The summed E-state index contributed by atoms with van der Waals surface area (Å²) in [6.07, 6.45) is 0. The van der Waals surface area contributed by atoms with Gasteiger partial charge in [-0.15, -0.1) is 11.6 Å². The van der Waals surface area contributed by atoms with E-state index in [1.165, 1.54) is 18.2 Å². The van der Waals surface area contributed by atoms with E-state index in [0.29, 0.717) is 0 Å². The molecule has 0 amide bonds. The number of benzene rings is 2. The van der Waals surface area contributed by atoms with Gasteiger partial charge in [-0.2, -0.15) is 0 Å². The Morgan fingerprint density at radius 2 is 1.63 bits per heavy atom. The lowest BCUT2D eigenvalue weighted by Crippen LogP contribution is -1.96. The number of ether oxygens (including phenoxy) is 1. The van der Waals surface area contributed by atoms with E-state index in [0.717, 1.165) is 17.7 Å². The van der Waals surface area contributed by atoms with Gasteiger partial charge in [-0.25, -0.2) is 13.2 Å². The highest BCUT2D eigenvalue weighted by Crippen LogP contribution is 2.31. The molecule has 0 unspecified atom stereocenters. The van der Waals surface area contributed by atoms with Crippen LogP contribution < -0.4 is 4.74 Å². The minimum absolute atomic E-state index is 0.0209. The molecule has 1 nitrogen and oxygen atoms in total. The van der Waals surface area contributed by atoms with E-state index in [1.54, 1.807) is 6.92 Å². The van der Waals surface area contributed by atoms with Gasteiger partial charge in [-0.05, 0) is 42.3 Å². The van der Waals surface area contributed by atoms with Gasteiger partial charge in [0.15, 0.2) is 29.0 Å². The molecule has 2 aromatic rings. The van der Waals surface area contributed by atoms with Crippen LogP contribution in [0.5, 0.6) is 11.5 Å². The molecule has 0 atom stereocenters. The van der Waals surface area contributed by atoms with Crippen LogP contribution in [0.15, 0.2) is 30.3 Å². The van der Waals surface area contributed by atoms with Crippen molar-refractivity contribution in [3.05, 3.63) is 58.9 Å². The largest absolute Gasteiger partial charge is 0.448 e. The molecule has 0 bridgehead atoms. The van der Waals surface area contributed by atoms with E-state index in [4.69, 9.17) is 16.3 Å². The van der Waals surface area contributed by atoms with Crippen LogP contribution in [0.3, 0.4) is 0 Å². The fourth-order valence-corrected chi connectivity index (χ4v) is 1.74. The van der Waals surface area contributed by atoms with Gasteiger partial charge in [0.05, 0.1) is 0 Å². The molecule has 0 spiro atoms. The van der Waals surface area contributed by atoms with Crippen molar-refractivity contribution in [3.8, 4) is 11.5 Å². The van der Waals surface area contributed by atoms with E-state index in [2.05, 4.69) is 0 Å². The Bertz CT molecular complexity index is 591. The van der Waals surface area contributed by atoms with E-state index < -0.39 is 23.2 Å². The quantitative estimate of drug-likeness (QED) is 0.726. The molecule has 0 saturated carbocycles. The number of aryl methyl sites for hydroxylation is 1. The Labute approximate surface area is 113 Å². The molecule has 0 saturated heterocycles. The third-order valence-corrected chi connectivity index (χ3v) is 2.82. The van der Waals surface area contributed by atoms with Crippen LogP contribution in [-0.4, -0.2) is 0 Å². The van der Waals surface area contributed by atoms with Crippen LogP contribution in [0.2, 0.25) is 0 Å². The Hall–Kier alpha value is -1.68. The van der Waals surface area contributed by atoms with Crippen molar-refractivity contribution >= 4 is 11.6 Å². The predicted octanol–water partition coefficient (Wildman–Crippen LogP) is 4.94. The Morgan fingerprint density at radius 3 is 2.21 bits per heavy atom. The minimum Gasteiger partial charge on any atom is -0.448 e. The molecule has 0 radical (unpaired) electrons. The van der Waals surface area contributed by atoms with Crippen LogP contribution >= 0.6 is 11.6 Å². The number of rotatable bonds is 3. The second-order valence-corrected chi connectivity index (χ2v) is 4.33. The van der Waals surface area contributed by atoms with E-state index in [9.17, 15) is 13.2 Å². The van der Waals surface area contributed by atoms with Crippen molar-refractivity contribution in [3.63, 3.8) is 0 Å². The molecule has 0 N–H and O–H groups in total. The molecule has 0 fully saturated rings. The van der Waals surface area contributed by atoms with Gasteiger partial charge in [-0.1, -0.05) is 6.07 Å². The first-order valence-electron chi connectivity index (χ1n) is 5.49. The van der Waals surface area contributed by atoms with Gasteiger partial charge >= 0.3 is 0 Å². The summed E-state index contributed by atoms with van der Waals surface area (Å²) in [7, 11) is 0. The summed E-state index contributed by atoms with van der Waals surface area (Å²) in [4.78, 5) is 0. The van der Waals surface area contributed by atoms with Crippen LogP contribution in [0, 0.1) is 24.4 Å². The highest BCUT2D eigenvalue weighted by atomic mass is 35.5. The van der Waals surface area contributed by atoms with Crippen molar-refractivity contribution < 1.29 is 17.9 Å². The van der Waals surface area contributed by atoms with Crippen molar-refractivity contribution in [2.75, 3.05) is 0 Å². The average molecular weight is 287 g/mol.